The minimum Gasteiger partial charge on any atom is -0.497 e. The Morgan fingerprint density at radius 2 is 1.70 bits per heavy atom. The fraction of sp³-hybridized carbons (Fsp3) is 0.462. The molecule has 2 aromatic carbocycles. The van der Waals surface area contributed by atoms with Gasteiger partial charge in [0.1, 0.15) is 17.6 Å². The van der Waals surface area contributed by atoms with Crippen LogP contribution >= 0.6 is 0 Å². The van der Waals surface area contributed by atoms with Crippen LogP contribution in [-0.2, 0) is 20.7 Å². The number of ether oxygens (including phenoxy) is 3. The van der Waals surface area contributed by atoms with E-state index >= 15 is 0 Å². The number of amides is 2. The van der Waals surface area contributed by atoms with Crippen LogP contribution in [0.3, 0.4) is 0 Å². The molecule has 0 N–H and O–H groups in total. The molecule has 2 aromatic rings. The van der Waals surface area contributed by atoms with Crippen LogP contribution in [0.5, 0.6) is 11.5 Å². The maximum Gasteiger partial charge on any atom is 0.227 e. The van der Waals surface area contributed by atoms with Crippen molar-refractivity contribution in [1.82, 2.24) is 9.80 Å². The minimum absolute atomic E-state index is 0.0604. The molecule has 0 aliphatic carbocycles. The first-order chi connectivity index (χ1) is 16.1. The van der Waals surface area contributed by atoms with Crippen molar-refractivity contribution in [3.63, 3.8) is 0 Å². The molecule has 0 spiro atoms. The molecule has 0 radical (unpaired) electrons. The average Bonchev–Trinajstić information content (AvgIpc) is 2.86. The van der Waals surface area contributed by atoms with Gasteiger partial charge >= 0.3 is 0 Å². The van der Waals surface area contributed by atoms with E-state index in [-0.39, 0.29) is 23.8 Å². The quantitative estimate of drug-likeness (QED) is 0.646. The van der Waals surface area contributed by atoms with Crippen LogP contribution < -0.4 is 9.47 Å². The van der Waals surface area contributed by atoms with E-state index in [1.165, 1.54) is 0 Å². The van der Waals surface area contributed by atoms with Crippen LogP contribution in [0, 0.1) is 5.92 Å². The molecule has 2 fully saturated rings. The van der Waals surface area contributed by atoms with Gasteiger partial charge in [0.25, 0.3) is 0 Å². The Balaban J connectivity index is 1.43. The topological polar surface area (TPSA) is 68.3 Å². The number of hydrogen-bond donors (Lipinski definition) is 0. The molecule has 2 aliphatic heterocycles. The molecule has 0 saturated carbocycles. The van der Waals surface area contributed by atoms with Crippen molar-refractivity contribution in [2.24, 2.45) is 5.92 Å². The highest BCUT2D eigenvalue weighted by atomic mass is 16.5. The van der Waals surface area contributed by atoms with Gasteiger partial charge in [-0.25, -0.2) is 0 Å². The summed E-state index contributed by atoms with van der Waals surface area (Å²) in [7, 11) is 1.62. The first kappa shape index (κ1) is 23.1. The van der Waals surface area contributed by atoms with E-state index in [2.05, 4.69) is 0 Å². The Kier molecular flexibility index (Phi) is 7.83. The molecule has 2 heterocycles. The van der Waals surface area contributed by atoms with Gasteiger partial charge in [-0.2, -0.15) is 0 Å². The number of benzene rings is 2. The van der Waals surface area contributed by atoms with Gasteiger partial charge in [0.15, 0.2) is 0 Å². The van der Waals surface area contributed by atoms with E-state index in [1.54, 1.807) is 7.11 Å². The summed E-state index contributed by atoms with van der Waals surface area (Å²) in [4.78, 5) is 29.8. The lowest BCUT2D eigenvalue weighted by Gasteiger charge is -2.39. The normalized spacial score (nSPS) is 20.9. The number of rotatable bonds is 7. The number of hydrogen-bond acceptors (Lipinski definition) is 5. The van der Waals surface area contributed by atoms with Crippen molar-refractivity contribution in [3.8, 4) is 11.5 Å². The Labute approximate surface area is 195 Å². The van der Waals surface area contributed by atoms with Gasteiger partial charge in [-0.15, -0.1) is 0 Å². The number of methoxy groups -OCH3 is 1. The molecule has 7 nitrogen and oxygen atoms in total. The Bertz CT molecular complexity index is 929. The predicted octanol–water partition coefficient (Wildman–Crippen LogP) is 2.78. The standard InChI is InChI=1S/C26H32N2O5/c1-31-23-9-5-6-20(16-23)17-25(29)28-11-10-24(33-22-7-3-2-4-8-22)21(19-28)18-26(30)27-12-14-32-15-13-27/h2-9,16,21,24H,10-15,17-19H2,1H3/t21-,24-/m0/s1. The van der Waals surface area contributed by atoms with Crippen molar-refractivity contribution >= 4 is 11.8 Å². The summed E-state index contributed by atoms with van der Waals surface area (Å²) < 4.78 is 16.9. The van der Waals surface area contributed by atoms with Crippen LogP contribution in [0.1, 0.15) is 18.4 Å². The van der Waals surface area contributed by atoms with E-state index < -0.39 is 0 Å². The lowest BCUT2D eigenvalue weighted by atomic mass is 9.90. The number of carbonyl (C=O) groups excluding carboxylic acids is 2. The molecule has 33 heavy (non-hydrogen) atoms. The van der Waals surface area contributed by atoms with Crippen LogP contribution in [-0.4, -0.2) is 74.2 Å². The second-order valence-corrected chi connectivity index (χ2v) is 8.58. The van der Waals surface area contributed by atoms with Gasteiger partial charge in [-0.3, -0.25) is 9.59 Å². The van der Waals surface area contributed by atoms with Crippen molar-refractivity contribution in [1.29, 1.82) is 0 Å². The smallest absolute Gasteiger partial charge is 0.227 e. The maximum atomic E-state index is 13.1. The zero-order valence-electron chi connectivity index (χ0n) is 19.2. The summed E-state index contributed by atoms with van der Waals surface area (Å²) in [6, 6.07) is 17.3. The molecule has 2 atom stereocenters. The van der Waals surface area contributed by atoms with Gasteiger partial charge in [-0.05, 0) is 29.8 Å². The van der Waals surface area contributed by atoms with E-state index in [0.29, 0.717) is 58.7 Å². The molecule has 2 amide bonds. The lowest BCUT2D eigenvalue weighted by Crippen LogP contribution is -2.50. The summed E-state index contributed by atoms with van der Waals surface area (Å²) in [5.74, 6) is 1.63. The number of carbonyl (C=O) groups is 2. The van der Waals surface area contributed by atoms with Crippen LogP contribution in [0.2, 0.25) is 0 Å². The third kappa shape index (κ3) is 6.26. The molecule has 7 heteroatoms. The molecule has 4 rings (SSSR count). The van der Waals surface area contributed by atoms with Gasteiger partial charge in [0, 0.05) is 44.9 Å². The second kappa shape index (κ2) is 11.2. The van der Waals surface area contributed by atoms with Crippen molar-refractivity contribution in [2.45, 2.75) is 25.4 Å². The van der Waals surface area contributed by atoms with Crippen molar-refractivity contribution < 1.29 is 23.8 Å². The van der Waals surface area contributed by atoms with E-state index in [9.17, 15) is 9.59 Å². The van der Waals surface area contributed by atoms with Gasteiger partial charge in [0.2, 0.25) is 11.8 Å². The van der Waals surface area contributed by atoms with Crippen LogP contribution in [0.15, 0.2) is 54.6 Å². The number of nitrogens with zero attached hydrogens (tertiary/aromatic N) is 2. The van der Waals surface area contributed by atoms with Crippen LogP contribution in [0.4, 0.5) is 0 Å². The zero-order chi connectivity index (χ0) is 23.0. The summed E-state index contributed by atoms with van der Waals surface area (Å²) in [5.41, 5.74) is 0.919. The van der Waals surface area contributed by atoms with Crippen molar-refractivity contribution in [2.75, 3.05) is 46.5 Å². The molecule has 2 saturated heterocycles. The van der Waals surface area contributed by atoms with Gasteiger partial charge in [0.05, 0.1) is 26.7 Å². The molecule has 0 unspecified atom stereocenters. The molecule has 2 aliphatic rings. The summed E-state index contributed by atoms with van der Waals surface area (Å²) in [6.45, 7) is 3.51. The predicted molar refractivity (Wildman–Crippen MR) is 124 cm³/mol. The highest BCUT2D eigenvalue weighted by Crippen LogP contribution is 2.27. The third-order valence-electron chi connectivity index (χ3n) is 6.34. The summed E-state index contributed by atoms with van der Waals surface area (Å²) in [6.07, 6.45) is 1.25. The summed E-state index contributed by atoms with van der Waals surface area (Å²) >= 11 is 0. The molecule has 176 valence electrons. The molecular formula is C26H32N2O5. The van der Waals surface area contributed by atoms with E-state index in [0.717, 1.165) is 17.1 Å². The van der Waals surface area contributed by atoms with E-state index in [1.807, 2.05) is 64.4 Å². The monoisotopic (exact) mass is 452 g/mol. The largest absolute Gasteiger partial charge is 0.497 e. The van der Waals surface area contributed by atoms with Crippen LogP contribution in [0.25, 0.3) is 0 Å². The second-order valence-electron chi connectivity index (χ2n) is 8.58. The van der Waals surface area contributed by atoms with Gasteiger partial charge in [-0.1, -0.05) is 30.3 Å². The highest BCUT2D eigenvalue weighted by molar-refractivity contribution is 5.79. The first-order valence-corrected chi connectivity index (χ1v) is 11.6. The lowest BCUT2D eigenvalue weighted by molar-refractivity contribution is -0.141. The molecule has 0 aromatic heterocycles. The fourth-order valence-corrected chi connectivity index (χ4v) is 4.50. The van der Waals surface area contributed by atoms with Crippen molar-refractivity contribution in [3.05, 3.63) is 60.2 Å². The third-order valence-corrected chi connectivity index (χ3v) is 6.34. The molecular weight excluding hydrogens is 420 g/mol. The zero-order valence-corrected chi connectivity index (χ0v) is 19.2. The minimum atomic E-state index is -0.113. The van der Waals surface area contributed by atoms with E-state index in [4.69, 9.17) is 14.2 Å². The first-order valence-electron chi connectivity index (χ1n) is 11.6. The molecule has 0 bridgehead atoms. The Morgan fingerprint density at radius 3 is 2.45 bits per heavy atom. The highest BCUT2D eigenvalue weighted by Gasteiger charge is 2.35. The number of para-hydroxylation sites is 1. The SMILES string of the molecule is COc1cccc(CC(=O)N2CC[C@H](Oc3ccccc3)[C@@H](CC(=O)N3CCOCC3)C2)c1. The fourth-order valence-electron chi connectivity index (χ4n) is 4.50. The number of morpholine rings is 1. The maximum absolute atomic E-state index is 13.1. The van der Waals surface area contributed by atoms with Gasteiger partial charge < -0.3 is 24.0 Å². The average molecular weight is 453 g/mol. The summed E-state index contributed by atoms with van der Waals surface area (Å²) in [5, 5.41) is 0. The number of piperidine rings is 1. The Morgan fingerprint density at radius 1 is 0.939 bits per heavy atom. The Hall–Kier alpha value is -3.06. The number of likely N-dealkylation sites (tertiary alicyclic amines) is 1.